The zero-order chi connectivity index (χ0) is 22.3. The van der Waals surface area contributed by atoms with Crippen LogP contribution in [-0.2, 0) is 6.18 Å². The number of alkyl halides is 3. The summed E-state index contributed by atoms with van der Waals surface area (Å²) in [6.45, 7) is 2.03. The number of benzene rings is 1. The molecule has 0 saturated carbocycles. The van der Waals surface area contributed by atoms with Crippen molar-refractivity contribution in [2.24, 2.45) is 0 Å². The number of pyridine rings is 1. The first-order chi connectivity index (χ1) is 14.6. The lowest BCUT2D eigenvalue weighted by atomic mass is 10.1. The van der Waals surface area contributed by atoms with Crippen molar-refractivity contribution in [3.8, 4) is 0 Å². The van der Waals surface area contributed by atoms with E-state index in [1.807, 2.05) is 6.92 Å². The van der Waals surface area contributed by atoms with Crippen molar-refractivity contribution >= 4 is 34.8 Å². The highest BCUT2D eigenvalue weighted by Crippen LogP contribution is 2.33. The van der Waals surface area contributed by atoms with Crippen molar-refractivity contribution < 1.29 is 22.8 Å². The van der Waals surface area contributed by atoms with Gasteiger partial charge in [0, 0.05) is 18.4 Å². The molecule has 1 aliphatic rings. The Labute approximate surface area is 179 Å². The Hall–Kier alpha value is -3.40. The third-order valence-electron chi connectivity index (χ3n) is 4.82. The summed E-state index contributed by atoms with van der Waals surface area (Å²) < 4.78 is 40.0. The molecule has 31 heavy (non-hydrogen) atoms. The van der Waals surface area contributed by atoms with Gasteiger partial charge in [0.2, 0.25) is 0 Å². The monoisotopic (exact) mass is 449 g/mol. The maximum Gasteiger partial charge on any atom is 0.416 e. The van der Waals surface area contributed by atoms with Gasteiger partial charge in [0.1, 0.15) is 5.69 Å². The zero-order valence-electron chi connectivity index (χ0n) is 16.0. The molecule has 0 aliphatic carbocycles. The van der Waals surface area contributed by atoms with Crippen molar-refractivity contribution in [1.29, 1.82) is 0 Å². The summed E-state index contributed by atoms with van der Waals surface area (Å²) in [5.74, 6) is -1.05. The van der Waals surface area contributed by atoms with Crippen LogP contribution in [0.25, 0.3) is 0 Å². The third-order valence-corrected chi connectivity index (χ3v) is 5.05. The van der Waals surface area contributed by atoms with Gasteiger partial charge in [0.05, 0.1) is 28.5 Å². The van der Waals surface area contributed by atoms with Crippen molar-refractivity contribution in [3.05, 3.63) is 70.8 Å². The second-order valence-corrected chi connectivity index (χ2v) is 7.41. The van der Waals surface area contributed by atoms with Gasteiger partial charge in [0.25, 0.3) is 11.8 Å². The summed E-state index contributed by atoms with van der Waals surface area (Å²) in [4.78, 5) is 30.9. The van der Waals surface area contributed by atoms with Crippen LogP contribution in [0, 0.1) is 0 Å². The minimum Gasteiger partial charge on any atom is -0.317 e. The Morgan fingerprint density at radius 2 is 1.87 bits per heavy atom. The minimum absolute atomic E-state index is 0.0975. The Kier molecular flexibility index (Phi) is 5.18. The molecule has 3 heterocycles. The first-order valence-electron chi connectivity index (χ1n) is 9.14. The maximum absolute atomic E-state index is 13.1. The van der Waals surface area contributed by atoms with Crippen molar-refractivity contribution in [2.75, 3.05) is 16.8 Å². The molecular weight excluding hydrogens is 435 g/mol. The van der Waals surface area contributed by atoms with E-state index in [-0.39, 0.29) is 29.7 Å². The van der Waals surface area contributed by atoms with Gasteiger partial charge >= 0.3 is 6.18 Å². The molecule has 0 bridgehead atoms. The van der Waals surface area contributed by atoms with Crippen molar-refractivity contribution in [2.45, 2.75) is 19.1 Å². The summed E-state index contributed by atoms with van der Waals surface area (Å²) in [5, 5.41) is 7.17. The lowest BCUT2D eigenvalue weighted by Crippen LogP contribution is -2.43. The van der Waals surface area contributed by atoms with Gasteiger partial charge in [-0.05, 0) is 43.3 Å². The van der Waals surface area contributed by atoms with Gasteiger partial charge in [0.15, 0.2) is 5.69 Å². The second kappa shape index (κ2) is 7.69. The smallest absolute Gasteiger partial charge is 0.317 e. The zero-order valence-corrected chi connectivity index (χ0v) is 16.8. The van der Waals surface area contributed by atoms with E-state index in [4.69, 9.17) is 11.6 Å². The van der Waals surface area contributed by atoms with E-state index in [2.05, 4.69) is 15.4 Å². The van der Waals surface area contributed by atoms with Crippen molar-refractivity contribution in [1.82, 2.24) is 14.8 Å². The summed E-state index contributed by atoms with van der Waals surface area (Å²) in [5.41, 5.74) is -0.0902. The highest BCUT2D eigenvalue weighted by molar-refractivity contribution is 6.30. The molecule has 1 N–H and O–H groups in total. The Morgan fingerprint density at radius 3 is 2.48 bits per heavy atom. The molecule has 2 aromatic heterocycles. The Bertz CT molecular complexity index is 1140. The van der Waals surface area contributed by atoms with E-state index in [1.165, 1.54) is 46.2 Å². The maximum atomic E-state index is 13.1. The molecule has 4 rings (SSSR count). The Balaban J connectivity index is 1.62. The minimum atomic E-state index is -4.47. The van der Waals surface area contributed by atoms with Crippen LogP contribution in [0.4, 0.5) is 24.5 Å². The molecule has 1 aliphatic heterocycles. The molecule has 0 unspecified atom stereocenters. The first-order valence-corrected chi connectivity index (χ1v) is 9.52. The van der Waals surface area contributed by atoms with Crippen LogP contribution >= 0.6 is 11.6 Å². The molecule has 0 saturated heterocycles. The van der Waals surface area contributed by atoms with Crippen molar-refractivity contribution in [3.63, 3.8) is 0 Å². The molecule has 11 heteroatoms. The number of aromatic nitrogens is 3. The average molecular weight is 450 g/mol. The highest BCUT2D eigenvalue weighted by atomic mass is 35.5. The van der Waals surface area contributed by atoms with E-state index in [1.54, 1.807) is 0 Å². The number of nitrogens with one attached hydrogen (secondary N) is 1. The molecule has 3 aromatic rings. The lowest BCUT2D eigenvalue weighted by molar-refractivity contribution is -0.137. The summed E-state index contributed by atoms with van der Waals surface area (Å²) >= 11 is 5.78. The van der Waals surface area contributed by atoms with Gasteiger partial charge in [-0.2, -0.15) is 18.3 Å². The van der Waals surface area contributed by atoms with E-state index >= 15 is 0 Å². The molecule has 7 nitrogen and oxygen atoms in total. The number of anilines is 2. The number of carbonyl (C=O) groups is 2. The molecule has 0 radical (unpaired) electrons. The molecule has 160 valence electrons. The van der Waals surface area contributed by atoms with E-state index < -0.39 is 23.6 Å². The SMILES string of the molecule is C[C@H]1CN(c2ccc(C(F)(F)F)cc2)C(=O)c2c(NC(=O)c3ccc(Cl)cn3)cnn21. The lowest BCUT2D eigenvalue weighted by Gasteiger charge is -2.32. The normalized spacial score (nSPS) is 16.2. The molecule has 2 amide bonds. The number of rotatable bonds is 3. The summed E-state index contributed by atoms with van der Waals surface area (Å²) in [7, 11) is 0. The molecule has 0 fully saturated rings. The first kappa shape index (κ1) is 20.9. The van der Waals surface area contributed by atoms with Gasteiger partial charge in [-0.1, -0.05) is 11.6 Å². The molecule has 1 aromatic carbocycles. The Morgan fingerprint density at radius 1 is 1.16 bits per heavy atom. The standard InChI is InChI=1S/C20H15ClF3N5O2/c1-11-10-28(14-5-2-12(3-6-14)20(22,23)24)19(31)17-16(9-26-29(11)17)27-18(30)15-7-4-13(21)8-25-15/h2-9,11H,10H2,1H3,(H,27,30)/t11-/m0/s1. The molecular formula is C20H15ClF3N5O2. The predicted molar refractivity (Wildman–Crippen MR) is 107 cm³/mol. The molecule has 1 atom stereocenters. The number of fused-ring (bicyclic) bond motifs is 1. The van der Waals surface area contributed by atoms with E-state index in [0.29, 0.717) is 10.7 Å². The van der Waals surface area contributed by atoms with Gasteiger partial charge in [-0.25, -0.2) is 4.98 Å². The quantitative estimate of drug-likeness (QED) is 0.641. The largest absolute Gasteiger partial charge is 0.416 e. The van der Waals surface area contributed by atoms with Crippen LogP contribution in [0.3, 0.4) is 0 Å². The average Bonchev–Trinajstić information content (AvgIpc) is 3.15. The fourth-order valence-corrected chi connectivity index (χ4v) is 3.41. The summed E-state index contributed by atoms with van der Waals surface area (Å²) in [6, 6.07) is 7.02. The van der Waals surface area contributed by atoms with E-state index in [9.17, 15) is 22.8 Å². The fourth-order valence-electron chi connectivity index (χ4n) is 3.30. The van der Waals surface area contributed by atoms with Crippen LogP contribution in [-0.4, -0.2) is 33.1 Å². The van der Waals surface area contributed by atoms with Crippen LogP contribution in [0.15, 0.2) is 48.8 Å². The molecule has 0 spiro atoms. The number of amides is 2. The van der Waals surface area contributed by atoms with Crippen LogP contribution in [0.1, 0.15) is 39.5 Å². The highest BCUT2D eigenvalue weighted by Gasteiger charge is 2.35. The van der Waals surface area contributed by atoms with Crippen LogP contribution < -0.4 is 10.2 Å². The number of hydrogen-bond donors (Lipinski definition) is 1. The topological polar surface area (TPSA) is 80.1 Å². The number of hydrogen-bond acceptors (Lipinski definition) is 4. The fraction of sp³-hybridized carbons (Fsp3) is 0.200. The van der Waals surface area contributed by atoms with Gasteiger partial charge in [-0.3, -0.25) is 14.3 Å². The summed E-state index contributed by atoms with van der Waals surface area (Å²) in [6.07, 6.45) is -1.79. The number of carbonyl (C=O) groups excluding carboxylic acids is 2. The van der Waals surface area contributed by atoms with Crippen LogP contribution in [0.5, 0.6) is 0 Å². The van der Waals surface area contributed by atoms with Gasteiger partial charge < -0.3 is 10.2 Å². The van der Waals surface area contributed by atoms with Crippen LogP contribution in [0.2, 0.25) is 5.02 Å². The van der Waals surface area contributed by atoms with Gasteiger partial charge in [-0.15, -0.1) is 0 Å². The second-order valence-electron chi connectivity index (χ2n) is 6.98. The number of halogens is 4. The predicted octanol–water partition coefficient (Wildman–Crippen LogP) is 4.42. The van der Waals surface area contributed by atoms with E-state index in [0.717, 1.165) is 12.1 Å². The number of nitrogens with zero attached hydrogens (tertiary/aromatic N) is 4. The third kappa shape index (κ3) is 3.98.